The Labute approximate surface area is 169 Å². The van der Waals surface area contributed by atoms with Crippen molar-refractivity contribution < 1.29 is 17.9 Å². The van der Waals surface area contributed by atoms with Crippen LogP contribution in [-0.2, 0) is 21.4 Å². The van der Waals surface area contributed by atoms with Crippen LogP contribution in [0.25, 0.3) is 0 Å². The third-order valence-electron chi connectivity index (χ3n) is 3.87. The van der Waals surface area contributed by atoms with Gasteiger partial charge in [0.25, 0.3) is 0 Å². The van der Waals surface area contributed by atoms with Gasteiger partial charge in [0, 0.05) is 6.54 Å². The number of methoxy groups -OCH3 is 1. The molecule has 9 heteroatoms. The normalized spacial score (nSPS) is 12.3. The number of nitrogens with zero attached hydrogens (tertiary/aromatic N) is 1. The summed E-state index contributed by atoms with van der Waals surface area (Å²) in [7, 11) is -2.16. The largest absolute Gasteiger partial charge is 0.497 e. The van der Waals surface area contributed by atoms with Gasteiger partial charge >= 0.3 is 0 Å². The highest BCUT2D eigenvalue weighted by Crippen LogP contribution is 2.29. The lowest BCUT2D eigenvalue weighted by Crippen LogP contribution is -2.47. The Morgan fingerprint density at radius 2 is 1.78 bits per heavy atom. The predicted octanol–water partition coefficient (Wildman–Crippen LogP) is 3.47. The van der Waals surface area contributed by atoms with Crippen molar-refractivity contribution in [2.24, 2.45) is 0 Å². The van der Waals surface area contributed by atoms with Crippen LogP contribution < -0.4 is 14.4 Å². The van der Waals surface area contributed by atoms with Crippen molar-refractivity contribution in [1.29, 1.82) is 0 Å². The maximum atomic E-state index is 12.6. The number of nitrogens with one attached hydrogen (secondary N) is 1. The van der Waals surface area contributed by atoms with Crippen molar-refractivity contribution in [3.63, 3.8) is 0 Å². The number of hydrogen-bond acceptors (Lipinski definition) is 4. The number of amides is 1. The Morgan fingerprint density at radius 3 is 2.30 bits per heavy atom. The minimum absolute atomic E-state index is 0.202. The summed E-state index contributed by atoms with van der Waals surface area (Å²) in [6.45, 7) is 1.76. The Balaban J connectivity index is 2.17. The highest BCUT2D eigenvalue weighted by atomic mass is 35.5. The predicted molar refractivity (Wildman–Crippen MR) is 108 cm³/mol. The molecular weight excluding hydrogens is 411 g/mol. The number of ether oxygens (including phenoxy) is 1. The van der Waals surface area contributed by atoms with E-state index in [1.165, 1.54) is 25.1 Å². The molecule has 6 nitrogen and oxygen atoms in total. The number of rotatable bonds is 7. The monoisotopic (exact) mass is 430 g/mol. The number of sulfonamides is 1. The standard InChI is InChI=1S/C18H20Cl2N2O4S/c1-12(18(23)21-11-13-4-7-15(26-2)8-5-13)22(27(3,24)25)14-6-9-16(19)17(20)10-14/h4-10,12H,11H2,1-3H3,(H,21,23)/t12-/m1/s1. The second-order valence-corrected chi connectivity index (χ2v) is 8.57. The van der Waals surface area contributed by atoms with E-state index in [9.17, 15) is 13.2 Å². The Kier molecular flexibility index (Phi) is 6.97. The Hall–Kier alpha value is -1.96. The van der Waals surface area contributed by atoms with Crippen LogP contribution in [0.4, 0.5) is 5.69 Å². The molecule has 146 valence electrons. The van der Waals surface area contributed by atoms with Crippen LogP contribution in [0, 0.1) is 0 Å². The number of hydrogen-bond donors (Lipinski definition) is 1. The van der Waals surface area contributed by atoms with E-state index >= 15 is 0 Å². The van der Waals surface area contributed by atoms with Gasteiger partial charge < -0.3 is 10.1 Å². The van der Waals surface area contributed by atoms with Crippen LogP contribution in [0.2, 0.25) is 10.0 Å². The molecule has 0 spiro atoms. The molecule has 27 heavy (non-hydrogen) atoms. The van der Waals surface area contributed by atoms with E-state index in [2.05, 4.69) is 5.32 Å². The lowest BCUT2D eigenvalue weighted by molar-refractivity contribution is -0.122. The van der Waals surface area contributed by atoms with Gasteiger partial charge in [-0.3, -0.25) is 9.10 Å². The first-order chi connectivity index (χ1) is 12.6. The SMILES string of the molecule is COc1ccc(CNC(=O)[C@@H](C)N(c2ccc(Cl)c(Cl)c2)S(C)(=O)=O)cc1. The Bertz CT molecular complexity index is 917. The van der Waals surface area contributed by atoms with Crippen molar-refractivity contribution in [2.45, 2.75) is 19.5 Å². The molecular formula is C18H20Cl2N2O4S. The van der Waals surface area contributed by atoms with Gasteiger partial charge in [-0.2, -0.15) is 0 Å². The molecule has 0 radical (unpaired) electrons. The Morgan fingerprint density at radius 1 is 1.15 bits per heavy atom. The molecule has 0 saturated heterocycles. The van der Waals surface area contributed by atoms with Crippen molar-refractivity contribution in [3.05, 3.63) is 58.1 Å². The zero-order chi connectivity index (χ0) is 20.2. The molecule has 0 heterocycles. The first-order valence-electron chi connectivity index (χ1n) is 7.98. The van der Waals surface area contributed by atoms with Gasteiger partial charge in [-0.25, -0.2) is 8.42 Å². The molecule has 2 rings (SSSR count). The van der Waals surface area contributed by atoms with Crippen molar-refractivity contribution in [3.8, 4) is 5.75 Å². The third-order valence-corrected chi connectivity index (χ3v) is 5.85. The van der Waals surface area contributed by atoms with Crippen LogP contribution in [-0.4, -0.2) is 33.7 Å². The second-order valence-electron chi connectivity index (χ2n) is 5.90. The smallest absolute Gasteiger partial charge is 0.243 e. The molecule has 0 aliphatic rings. The molecule has 2 aromatic rings. The van der Waals surface area contributed by atoms with Gasteiger partial charge in [0.05, 0.1) is 29.1 Å². The van der Waals surface area contributed by atoms with Gasteiger partial charge in [-0.1, -0.05) is 35.3 Å². The topological polar surface area (TPSA) is 75.7 Å². The number of anilines is 1. The number of carbonyl (C=O) groups excluding carboxylic acids is 1. The van der Waals surface area contributed by atoms with Crippen molar-refractivity contribution >= 4 is 44.8 Å². The number of halogens is 2. The van der Waals surface area contributed by atoms with E-state index in [1.54, 1.807) is 19.2 Å². The molecule has 0 aliphatic heterocycles. The van der Waals surface area contributed by atoms with Crippen LogP contribution in [0.1, 0.15) is 12.5 Å². The van der Waals surface area contributed by atoms with E-state index in [1.807, 2.05) is 12.1 Å². The van der Waals surface area contributed by atoms with E-state index in [0.29, 0.717) is 10.8 Å². The summed E-state index contributed by atoms with van der Waals surface area (Å²) in [5.74, 6) is 0.267. The fourth-order valence-corrected chi connectivity index (χ4v) is 3.97. The molecule has 1 atom stereocenters. The molecule has 0 fully saturated rings. The maximum Gasteiger partial charge on any atom is 0.243 e. The summed E-state index contributed by atoms with van der Waals surface area (Å²) in [5, 5.41) is 3.24. The second kappa shape index (κ2) is 8.82. The van der Waals surface area contributed by atoms with Crippen LogP contribution >= 0.6 is 23.2 Å². The molecule has 0 bridgehead atoms. The van der Waals surface area contributed by atoms with Gasteiger partial charge in [0.15, 0.2) is 0 Å². The quantitative estimate of drug-likeness (QED) is 0.729. The van der Waals surface area contributed by atoms with Crippen molar-refractivity contribution in [2.75, 3.05) is 17.7 Å². The summed E-state index contributed by atoms with van der Waals surface area (Å²) in [6, 6.07) is 10.6. The number of carbonyl (C=O) groups is 1. The summed E-state index contributed by atoms with van der Waals surface area (Å²) in [6.07, 6.45) is 1.03. The maximum absolute atomic E-state index is 12.6. The summed E-state index contributed by atoms with van der Waals surface area (Å²) < 4.78 is 30.7. The van der Waals surface area contributed by atoms with E-state index < -0.39 is 22.0 Å². The molecule has 0 unspecified atom stereocenters. The van der Waals surface area contributed by atoms with Gasteiger partial charge in [0.1, 0.15) is 11.8 Å². The van der Waals surface area contributed by atoms with Gasteiger partial charge in [0.2, 0.25) is 15.9 Å². The molecule has 1 N–H and O–H groups in total. The summed E-state index contributed by atoms with van der Waals surface area (Å²) >= 11 is 11.9. The number of benzene rings is 2. The lowest BCUT2D eigenvalue weighted by Gasteiger charge is -2.28. The van der Waals surface area contributed by atoms with Gasteiger partial charge in [-0.15, -0.1) is 0 Å². The summed E-state index contributed by atoms with van der Waals surface area (Å²) in [5.41, 5.74) is 1.12. The fourth-order valence-electron chi connectivity index (χ4n) is 2.51. The van der Waals surface area contributed by atoms with Crippen molar-refractivity contribution in [1.82, 2.24) is 5.32 Å². The highest BCUT2D eigenvalue weighted by Gasteiger charge is 2.29. The van der Waals surface area contributed by atoms with E-state index in [-0.39, 0.29) is 17.3 Å². The average molecular weight is 431 g/mol. The fraction of sp³-hybridized carbons (Fsp3) is 0.278. The molecule has 1 amide bonds. The van der Waals surface area contributed by atoms with Gasteiger partial charge in [-0.05, 0) is 42.8 Å². The molecule has 0 aliphatic carbocycles. The lowest BCUT2D eigenvalue weighted by atomic mass is 10.2. The minimum atomic E-state index is -3.73. The van der Waals surface area contributed by atoms with Crippen LogP contribution in [0.3, 0.4) is 0 Å². The van der Waals surface area contributed by atoms with E-state index in [0.717, 1.165) is 16.1 Å². The first kappa shape index (κ1) is 21.3. The van der Waals surface area contributed by atoms with E-state index in [4.69, 9.17) is 27.9 Å². The molecule has 2 aromatic carbocycles. The first-order valence-corrected chi connectivity index (χ1v) is 10.6. The molecule has 0 aromatic heterocycles. The molecule has 0 saturated carbocycles. The third kappa shape index (κ3) is 5.51. The zero-order valence-corrected chi connectivity index (χ0v) is 17.4. The van der Waals surface area contributed by atoms with Crippen LogP contribution in [0.15, 0.2) is 42.5 Å². The highest BCUT2D eigenvalue weighted by molar-refractivity contribution is 7.92. The summed E-state index contributed by atoms with van der Waals surface area (Å²) in [4.78, 5) is 12.6. The zero-order valence-electron chi connectivity index (χ0n) is 15.1. The minimum Gasteiger partial charge on any atom is -0.497 e. The van der Waals surface area contributed by atoms with Crippen LogP contribution in [0.5, 0.6) is 5.75 Å². The average Bonchev–Trinajstić information content (AvgIpc) is 2.62.